The van der Waals surface area contributed by atoms with Crippen molar-refractivity contribution in [2.24, 2.45) is 0 Å². The van der Waals surface area contributed by atoms with Crippen molar-refractivity contribution in [3.8, 4) is 0 Å². The average molecular weight is 296 g/mol. The molecule has 0 amide bonds. The first-order valence-electron chi connectivity index (χ1n) is 7.22. The molecule has 114 valence electrons. The molecular formula is C16H20N6. The second-order valence-corrected chi connectivity index (χ2v) is 5.58. The summed E-state index contributed by atoms with van der Waals surface area (Å²) in [5.41, 5.74) is 4.28. The van der Waals surface area contributed by atoms with E-state index < -0.39 is 0 Å². The Morgan fingerprint density at radius 2 is 1.95 bits per heavy atom. The van der Waals surface area contributed by atoms with Gasteiger partial charge in [-0.15, -0.1) is 0 Å². The lowest BCUT2D eigenvalue weighted by Gasteiger charge is -2.15. The maximum Gasteiger partial charge on any atom is 0.224 e. The van der Waals surface area contributed by atoms with E-state index in [0.717, 1.165) is 28.3 Å². The molecule has 3 aromatic heterocycles. The normalized spacial score (nSPS) is 10.9. The molecular weight excluding hydrogens is 276 g/mol. The standard InChI is InChI=1S/C16H20N6/c1-11-6-5-7-22-13(9-17-14(11)22)10-19-16-18-8-12(2)15(20-16)21(3)4/h5-9H,10H2,1-4H3,(H,18,19,20). The van der Waals surface area contributed by atoms with Crippen molar-refractivity contribution in [3.63, 3.8) is 0 Å². The summed E-state index contributed by atoms with van der Waals surface area (Å²) in [5.74, 6) is 1.54. The Hall–Kier alpha value is -2.63. The van der Waals surface area contributed by atoms with Crippen LogP contribution < -0.4 is 10.2 Å². The first kappa shape index (κ1) is 14.3. The van der Waals surface area contributed by atoms with Crippen molar-refractivity contribution >= 4 is 17.4 Å². The van der Waals surface area contributed by atoms with Crippen molar-refractivity contribution in [3.05, 3.63) is 47.5 Å². The van der Waals surface area contributed by atoms with Crippen LogP contribution in [0, 0.1) is 13.8 Å². The summed E-state index contributed by atoms with van der Waals surface area (Å²) in [6.45, 7) is 4.69. The van der Waals surface area contributed by atoms with E-state index in [2.05, 4.69) is 37.7 Å². The highest BCUT2D eigenvalue weighted by molar-refractivity contribution is 5.49. The number of fused-ring (bicyclic) bond motifs is 1. The maximum absolute atomic E-state index is 4.54. The number of imidazole rings is 1. The van der Waals surface area contributed by atoms with Gasteiger partial charge in [0.1, 0.15) is 11.5 Å². The Bertz CT molecular complexity index is 806. The zero-order valence-electron chi connectivity index (χ0n) is 13.3. The molecule has 1 N–H and O–H groups in total. The molecule has 3 heterocycles. The molecule has 22 heavy (non-hydrogen) atoms. The minimum atomic E-state index is 0.622. The van der Waals surface area contributed by atoms with Gasteiger partial charge in [0.15, 0.2) is 0 Å². The molecule has 3 rings (SSSR count). The molecule has 0 saturated heterocycles. The van der Waals surface area contributed by atoms with Gasteiger partial charge in [0.05, 0.1) is 18.4 Å². The predicted molar refractivity (Wildman–Crippen MR) is 88.4 cm³/mol. The predicted octanol–water partition coefficient (Wildman–Crippen LogP) is 2.42. The zero-order chi connectivity index (χ0) is 15.7. The molecule has 0 aromatic carbocycles. The number of rotatable bonds is 4. The average Bonchev–Trinajstić information content (AvgIpc) is 2.91. The quantitative estimate of drug-likeness (QED) is 0.801. The first-order chi connectivity index (χ1) is 10.6. The lowest BCUT2D eigenvalue weighted by Crippen LogP contribution is -2.14. The van der Waals surface area contributed by atoms with Crippen molar-refractivity contribution in [1.29, 1.82) is 0 Å². The zero-order valence-corrected chi connectivity index (χ0v) is 13.3. The van der Waals surface area contributed by atoms with Crippen molar-refractivity contribution in [1.82, 2.24) is 19.4 Å². The summed E-state index contributed by atoms with van der Waals surface area (Å²) < 4.78 is 2.09. The maximum atomic E-state index is 4.54. The molecule has 0 saturated carbocycles. The Morgan fingerprint density at radius 1 is 1.14 bits per heavy atom. The van der Waals surface area contributed by atoms with Crippen LogP contribution >= 0.6 is 0 Å². The summed E-state index contributed by atoms with van der Waals surface area (Å²) in [7, 11) is 3.96. The SMILES string of the molecule is Cc1cnc(NCc2cnc3c(C)cccn23)nc1N(C)C. The third-order valence-electron chi connectivity index (χ3n) is 3.60. The van der Waals surface area contributed by atoms with Gasteiger partial charge >= 0.3 is 0 Å². The van der Waals surface area contributed by atoms with Crippen LogP contribution in [0.2, 0.25) is 0 Å². The number of aryl methyl sites for hydroxylation is 2. The van der Waals surface area contributed by atoms with E-state index in [1.807, 2.05) is 50.6 Å². The van der Waals surface area contributed by atoms with Crippen LogP contribution in [-0.4, -0.2) is 33.4 Å². The van der Waals surface area contributed by atoms with E-state index in [4.69, 9.17) is 0 Å². The lowest BCUT2D eigenvalue weighted by molar-refractivity contribution is 0.954. The Kier molecular flexibility index (Phi) is 3.66. The number of hydrogen-bond acceptors (Lipinski definition) is 5. The van der Waals surface area contributed by atoms with Crippen LogP contribution in [0.25, 0.3) is 5.65 Å². The van der Waals surface area contributed by atoms with Crippen molar-refractivity contribution in [2.45, 2.75) is 20.4 Å². The highest BCUT2D eigenvalue weighted by Crippen LogP contribution is 2.16. The lowest BCUT2D eigenvalue weighted by atomic mass is 10.3. The third kappa shape index (κ3) is 2.59. The highest BCUT2D eigenvalue weighted by Gasteiger charge is 2.08. The molecule has 6 nitrogen and oxygen atoms in total. The van der Waals surface area contributed by atoms with Crippen molar-refractivity contribution < 1.29 is 0 Å². The van der Waals surface area contributed by atoms with E-state index in [0.29, 0.717) is 12.5 Å². The van der Waals surface area contributed by atoms with Crippen molar-refractivity contribution in [2.75, 3.05) is 24.3 Å². The molecule has 0 bridgehead atoms. The fourth-order valence-electron chi connectivity index (χ4n) is 2.47. The van der Waals surface area contributed by atoms with Gasteiger partial charge in [0.2, 0.25) is 5.95 Å². The van der Waals surface area contributed by atoms with E-state index in [1.165, 1.54) is 0 Å². The Morgan fingerprint density at radius 3 is 2.73 bits per heavy atom. The summed E-state index contributed by atoms with van der Waals surface area (Å²) in [4.78, 5) is 15.3. The van der Waals surface area contributed by atoms with Gasteiger partial charge in [0, 0.05) is 32.1 Å². The van der Waals surface area contributed by atoms with Gasteiger partial charge in [-0.1, -0.05) is 6.07 Å². The number of pyridine rings is 1. The smallest absolute Gasteiger partial charge is 0.224 e. The molecule has 3 aromatic rings. The van der Waals surface area contributed by atoms with Gasteiger partial charge in [0.25, 0.3) is 0 Å². The fourth-order valence-corrected chi connectivity index (χ4v) is 2.47. The molecule has 0 radical (unpaired) electrons. The Balaban J connectivity index is 1.82. The fraction of sp³-hybridized carbons (Fsp3) is 0.312. The minimum absolute atomic E-state index is 0.622. The second kappa shape index (κ2) is 5.63. The monoisotopic (exact) mass is 296 g/mol. The van der Waals surface area contributed by atoms with E-state index in [1.54, 1.807) is 0 Å². The van der Waals surface area contributed by atoms with Crippen LogP contribution in [0.15, 0.2) is 30.7 Å². The first-order valence-corrected chi connectivity index (χ1v) is 7.22. The molecule has 0 aliphatic carbocycles. The van der Waals surface area contributed by atoms with Gasteiger partial charge in [-0.3, -0.25) is 0 Å². The number of aromatic nitrogens is 4. The van der Waals surface area contributed by atoms with Crippen LogP contribution in [-0.2, 0) is 6.54 Å². The van der Waals surface area contributed by atoms with Gasteiger partial charge < -0.3 is 14.6 Å². The number of hydrogen-bond donors (Lipinski definition) is 1. The van der Waals surface area contributed by atoms with Gasteiger partial charge in [-0.25, -0.2) is 9.97 Å². The molecule has 0 fully saturated rings. The molecule has 0 spiro atoms. The van der Waals surface area contributed by atoms with Gasteiger partial charge in [-0.2, -0.15) is 4.98 Å². The van der Waals surface area contributed by atoms with Gasteiger partial charge in [-0.05, 0) is 25.5 Å². The summed E-state index contributed by atoms with van der Waals surface area (Å²) in [6, 6.07) is 4.09. The van der Waals surface area contributed by atoms with Crippen LogP contribution in [0.5, 0.6) is 0 Å². The van der Waals surface area contributed by atoms with E-state index in [9.17, 15) is 0 Å². The summed E-state index contributed by atoms with van der Waals surface area (Å²) >= 11 is 0. The van der Waals surface area contributed by atoms with E-state index >= 15 is 0 Å². The molecule has 0 aliphatic heterocycles. The molecule has 0 atom stereocenters. The largest absolute Gasteiger partial charge is 0.362 e. The number of nitrogens with zero attached hydrogens (tertiary/aromatic N) is 5. The summed E-state index contributed by atoms with van der Waals surface area (Å²) in [5, 5.41) is 3.27. The number of nitrogens with one attached hydrogen (secondary N) is 1. The van der Waals surface area contributed by atoms with E-state index in [-0.39, 0.29) is 0 Å². The Labute approximate surface area is 129 Å². The van der Waals surface area contributed by atoms with Crippen LogP contribution in [0.1, 0.15) is 16.8 Å². The summed E-state index contributed by atoms with van der Waals surface area (Å²) in [6.07, 6.45) is 5.74. The second-order valence-electron chi connectivity index (χ2n) is 5.58. The van der Waals surface area contributed by atoms with Crippen LogP contribution in [0.3, 0.4) is 0 Å². The topological polar surface area (TPSA) is 58.4 Å². The molecule has 0 unspecified atom stereocenters. The highest BCUT2D eigenvalue weighted by atomic mass is 15.2. The number of anilines is 2. The minimum Gasteiger partial charge on any atom is -0.362 e. The third-order valence-corrected chi connectivity index (χ3v) is 3.60. The van der Waals surface area contributed by atoms with Crippen LogP contribution in [0.4, 0.5) is 11.8 Å². The molecule has 6 heteroatoms. The molecule has 0 aliphatic rings.